The van der Waals surface area contributed by atoms with Crippen LogP contribution in [0.15, 0.2) is 73.1 Å². The maximum atomic E-state index is 12.9. The highest BCUT2D eigenvalue weighted by molar-refractivity contribution is 6.30. The van der Waals surface area contributed by atoms with E-state index in [9.17, 15) is 4.79 Å². The largest absolute Gasteiger partial charge is 0.341 e. The van der Waals surface area contributed by atoms with Crippen LogP contribution in [0.3, 0.4) is 0 Å². The molecule has 3 heterocycles. The number of amides is 2. The van der Waals surface area contributed by atoms with E-state index in [0.717, 1.165) is 35.5 Å². The Bertz CT molecular complexity index is 1260. The second-order valence-electron chi connectivity index (χ2n) is 8.34. The Morgan fingerprint density at radius 1 is 1.03 bits per heavy atom. The number of imidazole rings is 1. The number of rotatable bonds is 4. The van der Waals surface area contributed by atoms with Gasteiger partial charge in [0.05, 0.1) is 11.7 Å². The predicted octanol–water partition coefficient (Wildman–Crippen LogP) is 5.45. The normalized spacial score (nSPS) is 18.0. The average Bonchev–Trinajstić information content (AvgIpc) is 3.35. The van der Waals surface area contributed by atoms with Crippen molar-refractivity contribution in [1.82, 2.24) is 30.2 Å². The second-order valence-corrected chi connectivity index (χ2v) is 8.77. The molecule has 1 fully saturated rings. The molecule has 0 radical (unpaired) electrons. The van der Waals surface area contributed by atoms with Crippen molar-refractivity contribution in [3.05, 3.63) is 89.3 Å². The lowest BCUT2D eigenvalue weighted by Crippen LogP contribution is -2.45. The minimum Gasteiger partial charge on any atom is -0.341 e. The molecule has 7 nitrogen and oxygen atoms in total. The van der Waals surface area contributed by atoms with Crippen LogP contribution in [0.4, 0.5) is 4.79 Å². The number of aromatic nitrogens is 4. The van der Waals surface area contributed by atoms with Crippen LogP contribution in [-0.2, 0) is 0 Å². The van der Waals surface area contributed by atoms with Crippen molar-refractivity contribution in [3.63, 3.8) is 0 Å². The molecule has 0 spiro atoms. The van der Waals surface area contributed by atoms with E-state index >= 15 is 0 Å². The topological polar surface area (TPSA) is 86.8 Å². The molecule has 1 aliphatic rings. The van der Waals surface area contributed by atoms with Crippen molar-refractivity contribution in [2.75, 3.05) is 13.6 Å². The number of H-pyrrole nitrogens is 1. The summed E-state index contributed by atoms with van der Waals surface area (Å²) in [5.74, 6) is 1.35. The summed E-state index contributed by atoms with van der Waals surface area (Å²) < 4.78 is 0. The van der Waals surface area contributed by atoms with Gasteiger partial charge in [0.1, 0.15) is 11.5 Å². The van der Waals surface area contributed by atoms with Gasteiger partial charge in [-0.1, -0.05) is 41.9 Å². The molecule has 1 aliphatic heterocycles. The van der Waals surface area contributed by atoms with Crippen LogP contribution in [-0.4, -0.2) is 44.5 Å². The second kappa shape index (κ2) is 9.65. The number of carbonyl (C=O) groups is 1. The zero-order valence-corrected chi connectivity index (χ0v) is 19.5. The monoisotopic (exact) mass is 472 g/mol. The standard InChI is InChI=1S/C26H25ClN6O/c1-28-26(34)33-16-19(10-13-21(33)17-6-3-2-4-7-17)22-23(25-29-14-5-15-30-25)32-24(31-22)18-8-11-20(27)12-9-18/h2-9,11-12,14-15,19,21H,10,13,16H2,1H3,(H,28,34)(H,31,32). The van der Waals surface area contributed by atoms with Crippen molar-refractivity contribution in [2.45, 2.75) is 24.8 Å². The van der Waals surface area contributed by atoms with E-state index in [1.54, 1.807) is 25.5 Å². The number of likely N-dealkylation sites (tertiary alicyclic amines) is 1. The molecule has 0 aliphatic carbocycles. The Kier molecular flexibility index (Phi) is 6.27. The van der Waals surface area contributed by atoms with Crippen LogP contribution in [0.25, 0.3) is 22.9 Å². The molecule has 2 atom stereocenters. The molecule has 2 aromatic carbocycles. The Labute approximate surface area is 203 Å². The number of urea groups is 1. The summed E-state index contributed by atoms with van der Waals surface area (Å²) in [6.45, 7) is 0.557. The molecule has 2 N–H and O–H groups in total. The number of benzene rings is 2. The minimum absolute atomic E-state index is 0.0208. The Balaban J connectivity index is 1.53. The van der Waals surface area contributed by atoms with E-state index in [4.69, 9.17) is 16.6 Å². The number of carbonyl (C=O) groups excluding carboxylic acids is 1. The molecule has 172 valence electrons. The molecule has 0 bridgehead atoms. The molecule has 8 heteroatoms. The first-order valence-corrected chi connectivity index (χ1v) is 11.7. The number of hydrogen-bond acceptors (Lipinski definition) is 4. The van der Waals surface area contributed by atoms with Crippen molar-refractivity contribution in [2.24, 2.45) is 0 Å². The minimum atomic E-state index is -0.0893. The molecule has 2 aromatic heterocycles. The number of aromatic amines is 1. The third kappa shape index (κ3) is 4.39. The molecule has 5 rings (SSSR count). The SMILES string of the molecule is CNC(=O)N1CC(c2[nH]c(-c3ccc(Cl)cc3)nc2-c2ncccn2)CCC1c1ccccc1. The van der Waals surface area contributed by atoms with E-state index in [0.29, 0.717) is 23.1 Å². The molecule has 1 saturated heterocycles. The molecule has 2 amide bonds. The van der Waals surface area contributed by atoms with Gasteiger partial charge < -0.3 is 15.2 Å². The first kappa shape index (κ1) is 22.1. The van der Waals surface area contributed by atoms with Gasteiger partial charge in [-0.25, -0.2) is 19.7 Å². The fraction of sp³-hybridized carbons (Fsp3) is 0.231. The summed E-state index contributed by atoms with van der Waals surface area (Å²) in [5.41, 5.74) is 3.72. The van der Waals surface area contributed by atoms with Crippen molar-refractivity contribution < 1.29 is 4.79 Å². The molecule has 2 unspecified atom stereocenters. The molecular weight excluding hydrogens is 448 g/mol. The summed E-state index contributed by atoms with van der Waals surface area (Å²) in [4.78, 5) is 32.1. The molecule has 34 heavy (non-hydrogen) atoms. The van der Waals surface area contributed by atoms with Gasteiger partial charge in [-0.15, -0.1) is 0 Å². The average molecular weight is 473 g/mol. The Morgan fingerprint density at radius 3 is 2.47 bits per heavy atom. The Morgan fingerprint density at radius 2 is 1.76 bits per heavy atom. The highest BCUT2D eigenvalue weighted by Gasteiger charge is 2.35. The maximum absolute atomic E-state index is 12.9. The molecule has 0 saturated carbocycles. The van der Waals surface area contributed by atoms with Gasteiger partial charge in [0.25, 0.3) is 0 Å². The number of halogens is 1. The summed E-state index contributed by atoms with van der Waals surface area (Å²) >= 11 is 6.08. The van der Waals surface area contributed by atoms with E-state index in [2.05, 4.69) is 32.4 Å². The lowest BCUT2D eigenvalue weighted by Gasteiger charge is -2.39. The number of piperidine rings is 1. The van der Waals surface area contributed by atoms with Crippen LogP contribution in [0.5, 0.6) is 0 Å². The number of nitrogens with zero attached hydrogens (tertiary/aromatic N) is 4. The zero-order valence-electron chi connectivity index (χ0n) is 18.8. The van der Waals surface area contributed by atoms with Gasteiger partial charge in [0, 0.05) is 42.5 Å². The smallest absolute Gasteiger partial charge is 0.317 e. The first-order chi connectivity index (χ1) is 16.6. The van der Waals surface area contributed by atoms with Crippen LogP contribution >= 0.6 is 11.6 Å². The third-order valence-electron chi connectivity index (χ3n) is 6.28. The maximum Gasteiger partial charge on any atom is 0.317 e. The fourth-order valence-electron chi connectivity index (χ4n) is 4.61. The van der Waals surface area contributed by atoms with Gasteiger partial charge in [-0.05, 0) is 48.7 Å². The van der Waals surface area contributed by atoms with Gasteiger partial charge >= 0.3 is 6.03 Å². The molecular formula is C26H25ClN6O. The third-order valence-corrected chi connectivity index (χ3v) is 6.53. The lowest BCUT2D eigenvalue weighted by molar-refractivity contribution is 0.143. The quantitative estimate of drug-likeness (QED) is 0.413. The number of hydrogen-bond donors (Lipinski definition) is 2. The highest BCUT2D eigenvalue weighted by Crippen LogP contribution is 2.40. The zero-order chi connectivity index (χ0) is 23.5. The van der Waals surface area contributed by atoms with E-state index in [1.165, 1.54) is 0 Å². The van der Waals surface area contributed by atoms with Gasteiger partial charge in [-0.3, -0.25) is 0 Å². The summed E-state index contributed by atoms with van der Waals surface area (Å²) in [5, 5.41) is 3.48. The first-order valence-electron chi connectivity index (χ1n) is 11.3. The van der Waals surface area contributed by atoms with E-state index < -0.39 is 0 Å². The van der Waals surface area contributed by atoms with Crippen molar-refractivity contribution >= 4 is 17.6 Å². The fourth-order valence-corrected chi connectivity index (χ4v) is 4.74. The van der Waals surface area contributed by atoms with Crippen LogP contribution < -0.4 is 5.32 Å². The van der Waals surface area contributed by atoms with Gasteiger partial charge in [-0.2, -0.15) is 0 Å². The predicted molar refractivity (Wildman–Crippen MR) is 132 cm³/mol. The number of nitrogens with one attached hydrogen (secondary N) is 2. The summed E-state index contributed by atoms with van der Waals surface area (Å²) in [6.07, 6.45) is 5.17. The Hall–Kier alpha value is -3.71. The van der Waals surface area contributed by atoms with E-state index in [1.807, 2.05) is 47.4 Å². The molecule has 4 aromatic rings. The van der Waals surface area contributed by atoms with Crippen LogP contribution in [0, 0.1) is 0 Å². The van der Waals surface area contributed by atoms with Crippen LogP contribution in [0.2, 0.25) is 5.02 Å². The summed E-state index contributed by atoms with van der Waals surface area (Å²) in [7, 11) is 1.67. The highest BCUT2D eigenvalue weighted by atomic mass is 35.5. The van der Waals surface area contributed by atoms with Gasteiger partial charge in [0.2, 0.25) is 0 Å². The lowest BCUT2D eigenvalue weighted by atomic mass is 9.86. The van der Waals surface area contributed by atoms with Crippen molar-refractivity contribution in [1.29, 1.82) is 0 Å². The van der Waals surface area contributed by atoms with Crippen LogP contribution in [0.1, 0.15) is 36.1 Å². The van der Waals surface area contributed by atoms with Gasteiger partial charge in [0.15, 0.2) is 5.82 Å². The van der Waals surface area contributed by atoms with Crippen molar-refractivity contribution in [3.8, 4) is 22.9 Å². The summed E-state index contributed by atoms with van der Waals surface area (Å²) in [6, 6.07) is 19.5. The van der Waals surface area contributed by atoms with E-state index in [-0.39, 0.29) is 18.0 Å².